The molecule has 5 rings (SSSR count). The van der Waals surface area contributed by atoms with Gasteiger partial charge in [-0.3, -0.25) is 4.79 Å². The number of hydrogen-bond donors (Lipinski definition) is 0. The summed E-state index contributed by atoms with van der Waals surface area (Å²) >= 11 is 0. The zero-order valence-corrected chi connectivity index (χ0v) is 15.9. The van der Waals surface area contributed by atoms with Crippen molar-refractivity contribution in [1.82, 2.24) is 4.90 Å². The molecule has 0 radical (unpaired) electrons. The Bertz CT molecular complexity index is 1020. The van der Waals surface area contributed by atoms with E-state index in [1.807, 2.05) is 36.4 Å². The molecule has 2 nitrogen and oxygen atoms in total. The number of nitrogens with zero attached hydrogens (tertiary/aromatic N) is 1. The van der Waals surface area contributed by atoms with E-state index in [-0.39, 0.29) is 29.8 Å². The molecule has 2 aliphatic rings. The molecule has 1 fully saturated rings. The van der Waals surface area contributed by atoms with E-state index < -0.39 is 0 Å². The summed E-state index contributed by atoms with van der Waals surface area (Å²) in [6.07, 6.45) is 4.44. The molecule has 0 unspecified atom stereocenters. The van der Waals surface area contributed by atoms with Crippen molar-refractivity contribution in [3.8, 4) is 0 Å². The van der Waals surface area contributed by atoms with Crippen molar-refractivity contribution in [3.63, 3.8) is 0 Å². The van der Waals surface area contributed by atoms with Crippen molar-refractivity contribution >= 4 is 12.0 Å². The van der Waals surface area contributed by atoms with Gasteiger partial charge in [-0.05, 0) is 29.2 Å². The third-order valence-corrected chi connectivity index (χ3v) is 6.24. The van der Waals surface area contributed by atoms with Gasteiger partial charge in [-0.25, -0.2) is 0 Å². The Morgan fingerprint density at radius 3 is 2.21 bits per heavy atom. The molecule has 138 valence electrons. The molecule has 3 aromatic rings. The van der Waals surface area contributed by atoms with Crippen LogP contribution in [0.15, 0.2) is 91.0 Å². The number of likely N-dealkylation sites (tertiary alicyclic amines) is 1. The highest BCUT2D eigenvalue weighted by Crippen LogP contribution is 2.53. The molecule has 0 spiro atoms. The molecule has 0 bridgehead atoms. The lowest BCUT2D eigenvalue weighted by Gasteiger charge is -2.33. The number of carbonyl (C=O) groups excluding carboxylic acids is 1. The van der Waals surface area contributed by atoms with Gasteiger partial charge in [0.05, 0.1) is 18.0 Å². The second kappa shape index (κ2) is 6.79. The van der Waals surface area contributed by atoms with E-state index >= 15 is 0 Å². The third kappa shape index (κ3) is 2.60. The van der Waals surface area contributed by atoms with Crippen molar-refractivity contribution in [1.29, 1.82) is 0 Å². The van der Waals surface area contributed by atoms with Crippen LogP contribution in [0.5, 0.6) is 0 Å². The first kappa shape index (κ1) is 17.0. The second-order valence-corrected chi connectivity index (χ2v) is 7.73. The maximum atomic E-state index is 13.8. The molecular weight excluding hydrogens is 342 g/mol. The van der Waals surface area contributed by atoms with E-state index in [0.717, 1.165) is 11.1 Å². The smallest absolute Gasteiger partial charge is 0.231 e. The highest BCUT2D eigenvalue weighted by molar-refractivity contribution is 5.90. The summed E-state index contributed by atoms with van der Waals surface area (Å²) in [4.78, 5) is 15.9. The van der Waals surface area contributed by atoms with Gasteiger partial charge < -0.3 is 4.90 Å². The predicted molar refractivity (Wildman–Crippen MR) is 113 cm³/mol. The molecule has 1 aliphatic carbocycles. The van der Waals surface area contributed by atoms with Gasteiger partial charge in [0.1, 0.15) is 0 Å². The predicted octanol–water partition coefficient (Wildman–Crippen LogP) is 5.76. The van der Waals surface area contributed by atoms with Crippen molar-refractivity contribution in [2.75, 3.05) is 0 Å². The van der Waals surface area contributed by atoms with Crippen molar-refractivity contribution in [2.45, 2.75) is 24.9 Å². The zero-order chi connectivity index (χ0) is 19.1. The molecule has 2 heteroatoms. The summed E-state index contributed by atoms with van der Waals surface area (Å²) in [5, 5.41) is 0. The van der Waals surface area contributed by atoms with E-state index in [2.05, 4.69) is 72.5 Å². The molecule has 0 aromatic heterocycles. The quantitative estimate of drug-likeness (QED) is 0.578. The molecule has 28 heavy (non-hydrogen) atoms. The van der Waals surface area contributed by atoms with Gasteiger partial charge in [0.15, 0.2) is 0 Å². The number of hydrogen-bond acceptors (Lipinski definition) is 1. The SMILES string of the molecule is C[C@@H](c1ccccc1)N1C(=O)[C@H]2c3ccccc3C=C[C@H]2[C@@H]1c1ccccc1. The summed E-state index contributed by atoms with van der Waals surface area (Å²) in [6.45, 7) is 2.15. The topological polar surface area (TPSA) is 20.3 Å². The first-order valence-corrected chi connectivity index (χ1v) is 9.95. The fourth-order valence-electron chi connectivity index (χ4n) is 4.90. The van der Waals surface area contributed by atoms with Crippen LogP contribution in [-0.4, -0.2) is 10.8 Å². The first-order chi connectivity index (χ1) is 13.8. The maximum Gasteiger partial charge on any atom is 0.231 e. The first-order valence-electron chi connectivity index (χ1n) is 9.95. The minimum Gasteiger partial charge on any atom is -0.328 e. The molecule has 1 saturated heterocycles. The molecular formula is C26H23NO. The summed E-state index contributed by atoms with van der Waals surface area (Å²) in [5.41, 5.74) is 4.70. The average molecular weight is 365 g/mol. The van der Waals surface area contributed by atoms with Crippen LogP contribution in [0.1, 0.15) is 47.2 Å². The van der Waals surface area contributed by atoms with Gasteiger partial charge in [0, 0.05) is 5.92 Å². The maximum absolute atomic E-state index is 13.8. The van der Waals surface area contributed by atoms with Crippen LogP contribution in [0.25, 0.3) is 6.08 Å². The summed E-state index contributed by atoms with van der Waals surface area (Å²) < 4.78 is 0. The normalized spacial score (nSPS) is 24.0. The van der Waals surface area contributed by atoms with Crippen LogP contribution in [0.4, 0.5) is 0 Å². The van der Waals surface area contributed by atoms with Gasteiger partial charge in [0.25, 0.3) is 0 Å². The molecule has 4 atom stereocenters. The van der Waals surface area contributed by atoms with Gasteiger partial charge in [-0.2, -0.15) is 0 Å². The number of fused-ring (bicyclic) bond motifs is 3. The Hall–Kier alpha value is -3.13. The van der Waals surface area contributed by atoms with Gasteiger partial charge >= 0.3 is 0 Å². The monoisotopic (exact) mass is 365 g/mol. The van der Waals surface area contributed by atoms with Crippen molar-refractivity contribution < 1.29 is 4.79 Å². The van der Waals surface area contributed by atoms with Gasteiger partial charge in [0.2, 0.25) is 5.91 Å². The van der Waals surface area contributed by atoms with E-state index in [9.17, 15) is 4.79 Å². The lowest BCUT2D eigenvalue weighted by Crippen LogP contribution is -2.32. The van der Waals surface area contributed by atoms with E-state index in [1.165, 1.54) is 11.1 Å². The molecule has 3 aromatic carbocycles. The van der Waals surface area contributed by atoms with E-state index in [0.29, 0.717) is 0 Å². The van der Waals surface area contributed by atoms with E-state index in [1.54, 1.807) is 0 Å². The summed E-state index contributed by atoms with van der Waals surface area (Å²) in [7, 11) is 0. The van der Waals surface area contributed by atoms with Crippen LogP contribution in [0.3, 0.4) is 0 Å². The molecule has 1 aliphatic heterocycles. The van der Waals surface area contributed by atoms with Gasteiger partial charge in [-0.1, -0.05) is 97.1 Å². The lowest BCUT2D eigenvalue weighted by atomic mass is 9.77. The number of carbonyl (C=O) groups is 1. The highest BCUT2D eigenvalue weighted by Gasteiger charge is 2.51. The third-order valence-electron chi connectivity index (χ3n) is 6.24. The lowest BCUT2D eigenvalue weighted by molar-refractivity contribution is -0.132. The minimum absolute atomic E-state index is 0.0186. The Labute approximate surface area is 166 Å². The number of amides is 1. The van der Waals surface area contributed by atoms with Crippen LogP contribution in [-0.2, 0) is 4.79 Å². The van der Waals surface area contributed by atoms with Crippen LogP contribution in [0.2, 0.25) is 0 Å². The molecule has 0 saturated carbocycles. The standard InChI is InChI=1S/C26H23NO/c1-18(19-10-4-2-5-11-19)27-25(21-13-6-3-7-14-21)23-17-16-20-12-8-9-15-22(20)24(23)26(27)28/h2-18,23-25H,1H3/t18-,23+,24-,25-/m0/s1. The number of benzene rings is 3. The zero-order valence-electron chi connectivity index (χ0n) is 15.9. The summed E-state index contributed by atoms with van der Waals surface area (Å²) in [6, 6.07) is 29.2. The van der Waals surface area contributed by atoms with E-state index in [4.69, 9.17) is 0 Å². The second-order valence-electron chi connectivity index (χ2n) is 7.73. The minimum atomic E-state index is -0.113. The van der Waals surface area contributed by atoms with Crippen molar-refractivity contribution in [2.24, 2.45) is 5.92 Å². The number of rotatable bonds is 3. The van der Waals surface area contributed by atoms with Crippen LogP contribution in [0, 0.1) is 5.92 Å². The molecule has 0 N–H and O–H groups in total. The largest absolute Gasteiger partial charge is 0.328 e. The van der Waals surface area contributed by atoms with Crippen molar-refractivity contribution in [3.05, 3.63) is 113 Å². The van der Waals surface area contributed by atoms with Gasteiger partial charge in [-0.15, -0.1) is 0 Å². The Morgan fingerprint density at radius 2 is 1.46 bits per heavy atom. The highest BCUT2D eigenvalue weighted by atomic mass is 16.2. The van der Waals surface area contributed by atoms with Crippen LogP contribution >= 0.6 is 0 Å². The average Bonchev–Trinajstić information content (AvgIpc) is 3.07. The Morgan fingerprint density at radius 1 is 0.821 bits per heavy atom. The fraction of sp³-hybridized carbons (Fsp3) is 0.192. The Kier molecular flexibility index (Phi) is 4.12. The summed E-state index contributed by atoms with van der Waals surface area (Å²) in [5.74, 6) is 0.264. The Balaban J connectivity index is 1.65. The van der Waals surface area contributed by atoms with Crippen LogP contribution < -0.4 is 0 Å². The fourth-order valence-corrected chi connectivity index (χ4v) is 4.90. The molecule has 1 amide bonds. The molecule has 1 heterocycles.